The van der Waals surface area contributed by atoms with Gasteiger partial charge in [0.25, 0.3) is 23.0 Å². The van der Waals surface area contributed by atoms with Crippen LogP contribution < -0.4 is 19.5 Å². The molecule has 3 aromatic carbocycles. The first-order chi connectivity index (χ1) is 22.1. The summed E-state index contributed by atoms with van der Waals surface area (Å²) in [5.41, 5.74) is 0.397. The fraction of sp³-hybridized carbons (Fsp3) is 0.441. The van der Waals surface area contributed by atoms with Crippen molar-refractivity contribution in [1.82, 2.24) is 9.80 Å². The molecule has 4 rings (SSSR count). The number of amides is 2. The molecule has 1 aliphatic rings. The summed E-state index contributed by atoms with van der Waals surface area (Å²) in [6.45, 7) is 15.0. The minimum Gasteiger partial charge on any atom is -0.492 e. The van der Waals surface area contributed by atoms with Crippen LogP contribution in [0.15, 0.2) is 48.5 Å². The topological polar surface area (TPSA) is 147 Å². The van der Waals surface area contributed by atoms with E-state index in [9.17, 15) is 23.1 Å². The number of ether oxygens (including phenoxy) is 3. The monoisotopic (exact) mass is 668 g/mol. The molecule has 13 heteroatoms. The van der Waals surface area contributed by atoms with E-state index in [0.29, 0.717) is 55.9 Å². The van der Waals surface area contributed by atoms with Crippen LogP contribution >= 0.6 is 0 Å². The summed E-state index contributed by atoms with van der Waals surface area (Å²) < 4.78 is 40.5. The molecule has 1 unspecified atom stereocenters. The molecule has 1 aliphatic heterocycles. The Hall–Kier alpha value is -4.20. The predicted octanol–water partition coefficient (Wildman–Crippen LogP) is 5.45. The van der Waals surface area contributed by atoms with Crippen molar-refractivity contribution in [2.75, 3.05) is 56.5 Å². The highest BCUT2D eigenvalue weighted by atomic mass is 32.2. The average Bonchev–Trinajstić information content (AvgIpc) is 2.99. The number of benzene rings is 3. The number of methoxy groups -OCH3 is 1. The molecule has 1 saturated heterocycles. The molecule has 254 valence electrons. The molecule has 2 amide bonds. The number of ketones is 1. The predicted molar refractivity (Wildman–Crippen MR) is 183 cm³/mol. The van der Waals surface area contributed by atoms with Gasteiger partial charge < -0.3 is 24.4 Å². The number of rotatable bonds is 10. The molecule has 0 aliphatic carbocycles. The van der Waals surface area contributed by atoms with Gasteiger partial charge in [0.15, 0.2) is 5.75 Å². The van der Waals surface area contributed by atoms with Gasteiger partial charge in [0, 0.05) is 43.7 Å². The maximum absolute atomic E-state index is 13.5. The normalized spacial score (nSPS) is 14.8. The van der Waals surface area contributed by atoms with Crippen molar-refractivity contribution in [3.8, 4) is 11.5 Å². The lowest BCUT2D eigenvalue weighted by molar-refractivity contribution is -0.112. The van der Waals surface area contributed by atoms with Crippen molar-refractivity contribution >= 4 is 51.2 Å². The Labute approximate surface area is 278 Å². The van der Waals surface area contributed by atoms with Gasteiger partial charge in [-0.15, -0.1) is 0 Å². The lowest BCUT2D eigenvalue weighted by atomic mass is 9.86. The standard InChI is InChI=1S/C34H44N4O8S/c1-33(2,3)22-20-26(30(44-7)27(21-22)36-47(42)43)35-31(40)29(39)25-12-13-28(24-11-9-8-10-23(24)25)45-19-18-37-14-16-38(17-15-37)32(41)46-34(4,5)6/h8-13,20-21,36H,14-19H2,1-7H3,(H,35,40)(H,42,43). The maximum Gasteiger partial charge on any atom is 0.410 e. The van der Waals surface area contributed by atoms with Crippen LogP contribution in [-0.2, 0) is 26.2 Å². The molecule has 0 bridgehead atoms. The van der Waals surface area contributed by atoms with Crippen LogP contribution in [0, 0.1) is 0 Å². The summed E-state index contributed by atoms with van der Waals surface area (Å²) in [5, 5.41) is 3.90. The number of anilines is 2. The minimum atomic E-state index is -2.39. The zero-order valence-corrected chi connectivity index (χ0v) is 28.8. The fourth-order valence-corrected chi connectivity index (χ4v) is 5.55. The van der Waals surface area contributed by atoms with Crippen molar-refractivity contribution in [2.45, 2.75) is 52.6 Å². The van der Waals surface area contributed by atoms with Gasteiger partial charge in [0.2, 0.25) is 0 Å². The molecular weight excluding hydrogens is 624 g/mol. The highest BCUT2D eigenvalue weighted by molar-refractivity contribution is 7.80. The maximum atomic E-state index is 13.5. The second-order valence-electron chi connectivity index (χ2n) is 13.3. The summed E-state index contributed by atoms with van der Waals surface area (Å²) in [6, 6.07) is 13.8. The number of hydrogen-bond donors (Lipinski definition) is 3. The van der Waals surface area contributed by atoms with E-state index in [0.717, 1.165) is 5.56 Å². The van der Waals surface area contributed by atoms with Gasteiger partial charge >= 0.3 is 6.09 Å². The third-order valence-corrected chi connectivity index (χ3v) is 8.02. The van der Waals surface area contributed by atoms with Gasteiger partial charge in [-0.3, -0.25) is 23.8 Å². The molecule has 3 N–H and O–H groups in total. The van der Waals surface area contributed by atoms with Gasteiger partial charge in [0.1, 0.15) is 18.0 Å². The summed E-state index contributed by atoms with van der Waals surface area (Å²) in [5.74, 6) is -0.965. The van der Waals surface area contributed by atoms with Crippen LogP contribution in [0.4, 0.5) is 16.2 Å². The van der Waals surface area contributed by atoms with Gasteiger partial charge in [-0.2, -0.15) is 0 Å². The SMILES string of the molecule is COc1c(NC(=O)C(=O)c2ccc(OCCN3CCN(C(=O)OC(C)(C)C)CC3)c3ccccc23)cc(C(C)(C)C)cc1NS(=O)O. The molecule has 0 aromatic heterocycles. The van der Waals surface area contributed by atoms with Crippen LogP contribution in [0.25, 0.3) is 10.8 Å². The Bertz CT molecular complexity index is 1660. The van der Waals surface area contributed by atoms with Crippen molar-refractivity contribution in [3.05, 3.63) is 59.7 Å². The zero-order valence-electron chi connectivity index (χ0n) is 28.0. The van der Waals surface area contributed by atoms with Gasteiger partial charge in [-0.05, 0) is 61.4 Å². The molecule has 1 heterocycles. The first-order valence-electron chi connectivity index (χ1n) is 15.4. The third kappa shape index (κ3) is 9.21. The van der Waals surface area contributed by atoms with Crippen molar-refractivity contribution in [2.24, 2.45) is 0 Å². The molecule has 1 atom stereocenters. The number of nitrogens with one attached hydrogen (secondary N) is 2. The van der Waals surface area contributed by atoms with E-state index < -0.39 is 28.6 Å². The van der Waals surface area contributed by atoms with E-state index in [1.165, 1.54) is 7.11 Å². The molecule has 0 spiro atoms. The van der Waals surface area contributed by atoms with E-state index in [1.54, 1.807) is 41.3 Å². The number of nitrogens with zero attached hydrogens (tertiary/aromatic N) is 2. The number of piperazine rings is 1. The van der Waals surface area contributed by atoms with Crippen LogP contribution in [0.5, 0.6) is 11.5 Å². The smallest absolute Gasteiger partial charge is 0.410 e. The lowest BCUT2D eigenvalue weighted by Gasteiger charge is -2.35. The first-order valence-corrected chi connectivity index (χ1v) is 16.5. The highest BCUT2D eigenvalue weighted by Crippen LogP contribution is 2.39. The van der Waals surface area contributed by atoms with Crippen LogP contribution in [0.2, 0.25) is 0 Å². The lowest BCUT2D eigenvalue weighted by Crippen LogP contribution is -2.50. The molecule has 1 fully saturated rings. The van der Waals surface area contributed by atoms with Crippen molar-refractivity contribution in [1.29, 1.82) is 0 Å². The summed E-state index contributed by atoms with van der Waals surface area (Å²) in [6.07, 6.45) is -0.304. The number of fused-ring (bicyclic) bond motifs is 1. The Kier molecular flexibility index (Phi) is 11.2. The average molecular weight is 669 g/mol. The Morgan fingerprint density at radius 1 is 0.915 bits per heavy atom. The first kappa shape index (κ1) is 35.7. The molecule has 47 heavy (non-hydrogen) atoms. The molecule has 0 radical (unpaired) electrons. The van der Waals surface area contributed by atoms with Gasteiger partial charge in [-0.25, -0.2) is 9.00 Å². The van der Waals surface area contributed by atoms with Gasteiger partial charge in [0.05, 0.1) is 18.5 Å². The second kappa shape index (κ2) is 14.7. The van der Waals surface area contributed by atoms with E-state index >= 15 is 0 Å². The van der Waals surface area contributed by atoms with E-state index in [1.807, 2.05) is 53.7 Å². The minimum absolute atomic E-state index is 0.112. The van der Waals surface area contributed by atoms with E-state index in [2.05, 4.69) is 14.9 Å². The van der Waals surface area contributed by atoms with Crippen LogP contribution in [-0.4, -0.2) is 88.4 Å². The van der Waals surface area contributed by atoms with Crippen molar-refractivity contribution in [3.63, 3.8) is 0 Å². The largest absolute Gasteiger partial charge is 0.492 e. The summed E-state index contributed by atoms with van der Waals surface area (Å²) in [4.78, 5) is 43.2. The molecule has 0 saturated carbocycles. The van der Waals surface area contributed by atoms with E-state index in [4.69, 9.17) is 14.2 Å². The Morgan fingerprint density at radius 3 is 2.15 bits per heavy atom. The highest BCUT2D eigenvalue weighted by Gasteiger charge is 2.27. The Balaban J connectivity index is 1.46. The third-order valence-electron chi connectivity index (χ3n) is 7.63. The molecule has 3 aromatic rings. The number of hydrogen-bond acceptors (Lipinski definition) is 8. The number of Topliss-reactive ketones (excluding diaryl/α,β-unsaturated/α-hetero) is 1. The zero-order chi connectivity index (χ0) is 34.5. The summed E-state index contributed by atoms with van der Waals surface area (Å²) in [7, 11) is 1.37. The van der Waals surface area contributed by atoms with Crippen LogP contribution in [0.1, 0.15) is 57.5 Å². The molecular formula is C34H44N4O8S. The molecule has 12 nitrogen and oxygen atoms in total. The van der Waals surface area contributed by atoms with Gasteiger partial charge in [-0.1, -0.05) is 45.0 Å². The quantitative estimate of drug-likeness (QED) is 0.146. The Morgan fingerprint density at radius 2 is 1.55 bits per heavy atom. The van der Waals surface area contributed by atoms with E-state index in [-0.39, 0.29) is 34.2 Å². The summed E-state index contributed by atoms with van der Waals surface area (Å²) >= 11 is -2.39. The van der Waals surface area contributed by atoms with Crippen molar-refractivity contribution < 1.29 is 37.4 Å². The number of carbonyl (C=O) groups excluding carboxylic acids is 3. The number of carbonyl (C=O) groups is 3. The second-order valence-corrected chi connectivity index (χ2v) is 14.0. The van der Waals surface area contributed by atoms with Crippen LogP contribution in [0.3, 0.4) is 0 Å². The fourth-order valence-electron chi connectivity index (χ4n) is 5.21.